The Bertz CT molecular complexity index is 632. The van der Waals surface area contributed by atoms with Gasteiger partial charge < -0.3 is 5.11 Å². The minimum Gasteiger partial charge on any atom is -0.508 e. The van der Waals surface area contributed by atoms with Crippen molar-refractivity contribution >= 4 is 15.9 Å². The second-order valence-electron chi connectivity index (χ2n) is 5.69. The first-order chi connectivity index (χ1) is 10.0. The predicted octanol–water partition coefficient (Wildman–Crippen LogP) is 5.51. The maximum absolute atomic E-state index is 9.89. The number of aryl methyl sites for hydroxylation is 4. The Morgan fingerprint density at radius 1 is 0.952 bits per heavy atom. The van der Waals surface area contributed by atoms with Crippen molar-refractivity contribution in [2.45, 2.75) is 46.5 Å². The molecule has 0 bridgehead atoms. The van der Waals surface area contributed by atoms with Crippen molar-refractivity contribution in [3.8, 4) is 5.75 Å². The van der Waals surface area contributed by atoms with Crippen molar-refractivity contribution in [3.63, 3.8) is 0 Å². The molecule has 0 spiro atoms. The molecule has 0 unspecified atom stereocenters. The third-order valence-electron chi connectivity index (χ3n) is 4.04. The van der Waals surface area contributed by atoms with Crippen LogP contribution in [-0.2, 0) is 19.3 Å². The molecule has 21 heavy (non-hydrogen) atoms. The molecule has 0 atom stereocenters. The van der Waals surface area contributed by atoms with Crippen LogP contribution in [0.3, 0.4) is 0 Å². The van der Waals surface area contributed by atoms with E-state index in [2.05, 4.69) is 48.0 Å². The fourth-order valence-electron chi connectivity index (χ4n) is 2.78. The van der Waals surface area contributed by atoms with Crippen LogP contribution < -0.4 is 0 Å². The minimum atomic E-state index is 0.381. The average Bonchev–Trinajstić information content (AvgIpc) is 2.44. The van der Waals surface area contributed by atoms with Crippen LogP contribution in [0, 0.1) is 13.8 Å². The lowest BCUT2D eigenvalue weighted by Gasteiger charge is -2.13. The van der Waals surface area contributed by atoms with Gasteiger partial charge in [-0.05, 0) is 73.1 Å². The van der Waals surface area contributed by atoms with E-state index in [1.165, 1.54) is 28.7 Å². The van der Waals surface area contributed by atoms with Crippen LogP contribution in [0.4, 0.5) is 0 Å². The first-order valence-corrected chi connectivity index (χ1v) is 8.37. The lowest BCUT2D eigenvalue weighted by molar-refractivity contribution is 0.470. The third-order valence-corrected chi connectivity index (χ3v) is 4.77. The Balaban J connectivity index is 2.22. The van der Waals surface area contributed by atoms with Crippen molar-refractivity contribution in [2.75, 3.05) is 0 Å². The molecule has 0 aliphatic carbocycles. The van der Waals surface area contributed by atoms with Gasteiger partial charge in [0.1, 0.15) is 5.75 Å². The Labute approximate surface area is 136 Å². The molecule has 2 aromatic rings. The smallest absolute Gasteiger partial charge is 0.118 e. The van der Waals surface area contributed by atoms with E-state index in [4.69, 9.17) is 0 Å². The Morgan fingerprint density at radius 3 is 2.43 bits per heavy atom. The lowest BCUT2D eigenvalue weighted by Crippen LogP contribution is -2.01. The van der Waals surface area contributed by atoms with Gasteiger partial charge in [0.15, 0.2) is 0 Å². The molecule has 2 rings (SSSR count). The molecule has 112 valence electrons. The van der Waals surface area contributed by atoms with E-state index in [0.717, 1.165) is 29.3 Å². The zero-order chi connectivity index (χ0) is 15.4. The van der Waals surface area contributed by atoms with E-state index >= 15 is 0 Å². The molecule has 0 radical (unpaired) electrons. The number of hydrogen-bond acceptors (Lipinski definition) is 1. The molecule has 1 nitrogen and oxygen atoms in total. The van der Waals surface area contributed by atoms with Crippen LogP contribution in [0.15, 0.2) is 34.8 Å². The van der Waals surface area contributed by atoms with Crippen LogP contribution in [0.1, 0.15) is 41.2 Å². The number of phenols is 1. The number of halogens is 1. The van der Waals surface area contributed by atoms with Gasteiger partial charge in [0.05, 0.1) is 0 Å². The summed E-state index contributed by atoms with van der Waals surface area (Å²) in [6.07, 6.45) is 4.27. The largest absolute Gasteiger partial charge is 0.508 e. The van der Waals surface area contributed by atoms with Crippen molar-refractivity contribution in [1.29, 1.82) is 0 Å². The second kappa shape index (κ2) is 7.13. The van der Waals surface area contributed by atoms with Gasteiger partial charge in [0.2, 0.25) is 0 Å². The first kappa shape index (κ1) is 16.1. The number of benzene rings is 2. The van der Waals surface area contributed by atoms with Crippen molar-refractivity contribution in [2.24, 2.45) is 0 Å². The van der Waals surface area contributed by atoms with Gasteiger partial charge >= 0.3 is 0 Å². The first-order valence-electron chi connectivity index (χ1n) is 7.58. The van der Waals surface area contributed by atoms with Gasteiger partial charge in [-0.1, -0.05) is 47.5 Å². The highest BCUT2D eigenvalue weighted by Gasteiger charge is 2.09. The summed E-state index contributed by atoms with van der Waals surface area (Å²) >= 11 is 3.61. The highest BCUT2D eigenvalue weighted by atomic mass is 79.9. The molecule has 0 aliphatic rings. The predicted molar refractivity (Wildman–Crippen MR) is 93.1 cm³/mol. The molecular weight excluding hydrogens is 324 g/mol. The Kier molecular flexibility index (Phi) is 5.46. The molecule has 0 saturated heterocycles. The van der Waals surface area contributed by atoms with E-state index < -0.39 is 0 Å². The van der Waals surface area contributed by atoms with E-state index in [9.17, 15) is 5.11 Å². The fourth-order valence-corrected chi connectivity index (χ4v) is 3.44. The number of hydrogen-bond donors (Lipinski definition) is 1. The lowest BCUT2D eigenvalue weighted by atomic mass is 9.93. The molecule has 0 heterocycles. The standard InChI is InChI=1S/C19H23BrO/c1-4-6-15-8-5-7-13(2)17(15)10-9-16-12-19(21)14(3)11-18(16)20/h5,7-8,11-12,21H,4,6,9-10H2,1-3H3. The summed E-state index contributed by atoms with van der Waals surface area (Å²) in [5.74, 6) is 0.381. The molecule has 1 N–H and O–H groups in total. The number of phenolic OH excluding ortho intramolecular Hbond substituents is 1. The molecule has 0 amide bonds. The topological polar surface area (TPSA) is 20.2 Å². The molecule has 2 aromatic carbocycles. The second-order valence-corrected chi connectivity index (χ2v) is 6.55. The molecule has 2 heteroatoms. The minimum absolute atomic E-state index is 0.381. The summed E-state index contributed by atoms with van der Waals surface area (Å²) in [5.41, 5.74) is 6.38. The van der Waals surface area contributed by atoms with Crippen molar-refractivity contribution in [1.82, 2.24) is 0 Å². The summed E-state index contributed by atoms with van der Waals surface area (Å²) in [5, 5.41) is 9.89. The van der Waals surface area contributed by atoms with E-state index in [1.54, 1.807) is 0 Å². The van der Waals surface area contributed by atoms with E-state index in [-0.39, 0.29) is 0 Å². The number of aromatic hydroxyl groups is 1. The van der Waals surface area contributed by atoms with Crippen LogP contribution in [0.2, 0.25) is 0 Å². The van der Waals surface area contributed by atoms with Gasteiger partial charge in [-0.3, -0.25) is 0 Å². The van der Waals surface area contributed by atoms with Crippen LogP contribution in [-0.4, -0.2) is 5.11 Å². The van der Waals surface area contributed by atoms with Gasteiger partial charge in [0, 0.05) is 4.47 Å². The van der Waals surface area contributed by atoms with Crippen molar-refractivity contribution < 1.29 is 5.11 Å². The Hall–Kier alpha value is -1.28. The van der Waals surface area contributed by atoms with Crippen LogP contribution in [0.5, 0.6) is 5.75 Å². The van der Waals surface area contributed by atoms with Gasteiger partial charge in [-0.15, -0.1) is 0 Å². The van der Waals surface area contributed by atoms with Crippen molar-refractivity contribution in [3.05, 3.63) is 62.6 Å². The van der Waals surface area contributed by atoms with Gasteiger partial charge in [0.25, 0.3) is 0 Å². The van der Waals surface area contributed by atoms with Crippen LogP contribution >= 0.6 is 15.9 Å². The summed E-state index contributed by atoms with van der Waals surface area (Å²) in [6.45, 7) is 6.33. The molecule has 0 aromatic heterocycles. The maximum Gasteiger partial charge on any atom is 0.118 e. The zero-order valence-corrected chi connectivity index (χ0v) is 14.6. The van der Waals surface area contributed by atoms with Gasteiger partial charge in [-0.2, -0.15) is 0 Å². The number of rotatable bonds is 5. The van der Waals surface area contributed by atoms with E-state index in [1.807, 2.05) is 19.1 Å². The SMILES string of the molecule is CCCc1cccc(C)c1CCc1cc(O)c(C)cc1Br. The maximum atomic E-state index is 9.89. The summed E-state index contributed by atoms with van der Waals surface area (Å²) in [7, 11) is 0. The summed E-state index contributed by atoms with van der Waals surface area (Å²) in [4.78, 5) is 0. The quantitative estimate of drug-likeness (QED) is 0.756. The third kappa shape index (κ3) is 3.88. The highest BCUT2D eigenvalue weighted by molar-refractivity contribution is 9.10. The molecule has 0 fully saturated rings. The monoisotopic (exact) mass is 346 g/mol. The molecular formula is C19H23BrO. The van der Waals surface area contributed by atoms with Crippen LogP contribution in [0.25, 0.3) is 0 Å². The summed E-state index contributed by atoms with van der Waals surface area (Å²) in [6, 6.07) is 10.5. The molecule has 0 aliphatic heterocycles. The Morgan fingerprint density at radius 2 is 1.71 bits per heavy atom. The zero-order valence-electron chi connectivity index (χ0n) is 13.0. The fraction of sp³-hybridized carbons (Fsp3) is 0.368. The van der Waals surface area contributed by atoms with Gasteiger partial charge in [-0.25, -0.2) is 0 Å². The highest BCUT2D eigenvalue weighted by Crippen LogP contribution is 2.28. The molecule has 0 saturated carbocycles. The average molecular weight is 347 g/mol. The summed E-state index contributed by atoms with van der Waals surface area (Å²) < 4.78 is 1.09. The van der Waals surface area contributed by atoms with E-state index in [0.29, 0.717) is 5.75 Å². The normalized spacial score (nSPS) is 10.9.